The van der Waals surface area contributed by atoms with E-state index in [1.807, 2.05) is 47.9 Å². The van der Waals surface area contributed by atoms with Gasteiger partial charge in [0.2, 0.25) is 11.8 Å². The van der Waals surface area contributed by atoms with Gasteiger partial charge >= 0.3 is 0 Å². The van der Waals surface area contributed by atoms with Crippen molar-refractivity contribution in [2.45, 2.75) is 33.1 Å². The molecule has 1 heterocycles. The molecule has 1 aliphatic rings. The van der Waals surface area contributed by atoms with Gasteiger partial charge in [-0.25, -0.2) is 0 Å². The molecule has 0 aliphatic carbocycles. The molecule has 0 bridgehead atoms. The highest BCUT2D eigenvalue weighted by Crippen LogP contribution is 2.14. The fraction of sp³-hybridized carbons (Fsp3) is 0.556. The van der Waals surface area contributed by atoms with Crippen LogP contribution in [0, 0.1) is 5.92 Å². The van der Waals surface area contributed by atoms with Crippen LogP contribution in [0.5, 0.6) is 0 Å². The number of rotatable bonds is 4. The summed E-state index contributed by atoms with van der Waals surface area (Å²) in [5.74, 6) is 0.335. The Balaban J connectivity index is 1.86. The molecule has 0 spiro atoms. The highest BCUT2D eigenvalue weighted by molar-refractivity contribution is 5.79. The van der Waals surface area contributed by atoms with E-state index in [-0.39, 0.29) is 17.7 Å². The van der Waals surface area contributed by atoms with Crippen LogP contribution in [0.3, 0.4) is 0 Å². The molecule has 5 heteroatoms. The number of nitrogen functional groups attached to an aromatic ring is 1. The van der Waals surface area contributed by atoms with Crippen LogP contribution in [-0.2, 0) is 16.0 Å². The van der Waals surface area contributed by atoms with Crippen LogP contribution in [0.25, 0.3) is 0 Å². The summed E-state index contributed by atoms with van der Waals surface area (Å²) in [5, 5.41) is 0. The quantitative estimate of drug-likeness (QED) is 0.863. The third kappa shape index (κ3) is 4.71. The fourth-order valence-electron chi connectivity index (χ4n) is 2.91. The van der Waals surface area contributed by atoms with Crippen LogP contribution in [0.4, 0.5) is 5.69 Å². The average molecular weight is 317 g/mol. The van der Waals surface area contributed by atoms with Gasteiger partial charge in [-0.1, -0.05) is 32.0 Å². The standard InChI is InChI=1S/C18H27N3O2/c1-14(2)18(23)21-11-5-10-20(12-13-21)17(22)9-8-15-6-3-4-7-16(15)19/h3-4,6-7,14H,5,8-13,19H2,1-2H3. The van der Waals surface area contributed by atoms with E-state index < -0.39 is 0 Å². The molecule has 5 nitrogen and oxygen atoms in total. The lowest BCUT2D eigenvalue weighted by atomic mass is 10.1. The predicted molar refractivity (Wildman–Crippen MR) is 91.8 cm³/mol. The lowest BCUT2D eigenvalue weighted by Crippen LogP contribution is -2.39. The summed E-state index contributed by atoms with van der Waals surface area (Å²) >= 11 is 0. The first-order chi connectivity index (χ1) is 11.0. The van der Waals surface area contributed by atoms with Gasteiger partial charge in [-0.3, -0.25) is 9.59 Å². The van der Waals surface area contributed by atoms with Crippen LogP contribution >= 0.6 is 0 Å². The van der Waals surface area contributed by atoms with E-state index in [1.165, 1.54) is 0 Å². The van der Waals surface area contributed by atoms with E-state index in [4.69, 9.17) is 5.73 Å². The first kappa shape index (κ1) is 17.3. The normalized spacial score (nSPS) is 15.6. The van der Waals surface area contributed by atoms with Gasteiger partial charge in [0.15, 0.2) is 0 Å². The molecule has 1 fully saturated rings. The zero-order chi connectivity index (χ0) is 16.8. The Morgan fingerprint density at radius 2 is 1.74 bits per heavy atom. The molecule has 23 heavy (non-hydrogen) atoms. The predicted octanol–water partition coefficient (Wildman–Crippen LogP) is 1.92. The number of hydrogen-bond donors (Lipinski definition) is 1. The van der Waals surface area contributed by atoms with Crippen molar-refractivity contribution in [1.82, 2.24) is 9.80 Å². The van der Waals surface area contributed by atoms with Gasteiger partial charge in [0.25, 0.3) is 0 Å². The highest BCUT2D eigenvalue weighted by atomic mass is 16.2. The van der Waals surface area contributed by atoms with Crippen molar-refractivity contribution in [2.75, 3.05) is 31.9 Å². The minimum Gasteiger partial charge on any atom is -0.399 e. The van der Waals surface area contributed by atoms with Gasteiger partial charge in [-0.15, -0.1) is 0 Å². The summed E-state index contributed by atoms with van der Waals surface area (Å²) in [6.45, 7) is 6.57. The molecule has 1 aliphatic heterocycles. The molecule has 126 valence electrons. The molecular weight excluding hydrogens is 290 g/mol. The summed E-state index contributed by atoms with van der Waals surface area (Å²) < 4.78 is 0. The van der Waals surface area contributed by atoms with Crippen LogP contribution in [0.15, 0.2) is 24.3 Å². The van der Waals surface area contributed by atoms with Gasteiger partial charge in [-0.05, 0) is 24.5 Å². The SMILES string of the molecule is CC(C)C(=O)N1CCCN(C(=O)CCc2ccccc2N)CC1. The molecule has 2 N–H and O–H groups in total. The summed E-state index contributed by atoms with van der Waals surface area (Å²) in [5.41, 5.74) is 7.68. The topological polar surface area (TPSA) is 66.6 Å². The number of hydrogen-bond acceptors (Lipinski definition) is 3. The first-order valence-corrected chi connectivity index (χ1v) is 8.39. The van der Waals surface area contributed by atoms with Crippen molar-refractivity contribution in [1.29, 1.82) is 0 Å². The van der Waals surface area contributed by atoms with Gasteiger partial charge in [0, 0.05) is 44.2 Å². The van der Waals surface area contributed by atoms with Gasteiger partial charge < -0.3 is 15.5 Å². The van der Waals surface area contributed by atoms with Crippen molar-refractivity contribution >= 4 is 17.5 Å². The third-order valence-corrected chi connectivity index (χ3v) is 4.32. The number of para-hydroxylation sites is 1. The Morgan fingerprint density at radius 1 is 1.09 bits per heavy atom. The number of amides is 2. The number of benzene rings is 1. The minimum atomic E-state index is 0.0123. The average Bonchev–Trinajstić information content (AvgIpc) is 2.79. The number of carbonyl (C=O) groups excluding carboxylic acids is 2. The van der Waals surface area contributed by atoms with Crippen molar-refractivity contribution in [2.24, 2.45) is 5.92 Å². The second-order valence-electron chi connectivity index (χ2n) is 6.41. The summed E-state index contributed by atoms with van der Waals surface area (Å²) in [4.78, 5) is 28.3. The molecule has 0 atom stereocenters. The first-order valence-electron chi connectivity index (χ1n) is 8.39. The summed E-state index contributed by atoms with van der Waals surface area (Å²) in [7, 11) is 0. The maximum absolute atomic E-state index is 12.4. The Labute approximate surface area is 138 Å². The van der Waals surface area contributed by atoms with E-state index in [2.05, 4.69) is 0 Å². The van der Waals surface area contributed by atoms with Crippen molar-refractivity contribution in [3.8, 4) is 0 Å². The van der Waals surface area contributed by atoms with E-state index in [9.17, 15) is 9.59 Å². The Hall–Kier alpha value is -2.04. The molecule has 0 aromatic heterocycles. The van der Waals surface area contributed by atoms with E-state index >= 15 is 0 Å². The lowest BCUT2D eigenvalue weighted by Gasteiger charge is -2.23. The van der Waals surface area contributed by atoms with Gasteiger partial charge in [0.1, 0.15) is 0 Å². The van der Waals surface area contributed by atoms with Gasteiger partial charge in [-0.2, -0.15) is 0 Å². The Morgan fingerprint density at radius 3 is 2.43 bits per heavy atom. The van der Waals surface area contributed by atoms with Crippen LogP contribution in [0.1, 0.15) is 32.3 Å². The molecule has 0 saturated carbocycles. The second kappa shape index (κ2) is 7.99. The van der Waals surface area contributed by atoms with Crippen molar-refractivity contribution < 1.29 is 9.59 Å². The number of carbonyl (C=O) groups is 2. The summed E-state index contributed by atoms with van der Waals surface area (Å²) in [6.07, 6.45) is 1.97. The number of aryl methyl sites for hydroxylation is 1. The largest absolute Gasteiger partial charge is 0.399 e. The zero-order valence-corrected chi connectivity index (χ0v) is 14.1. The summed E-state index contributed by atoms with van der Waals surface area (Å²) in [6, 6.07) is 7.67. The maximum Gasteiger partial charge on any atom is 0.225 e. The molecule has 1 aromatic rings. The lowest BCUT2D eigenvalue weighted by molar-refractivity contribution is -0.135. The molecule has 2 amide bonds. The molecule has 0 radical (unpaired) electrons. The second-order valence-corrected chi connectivity index (χ2v) is 6.41. The highest BCUT2D eigenvalue weighted by Gasteiger charge is 2.23. The Kier molecular flexibility index (Phi) is 6.02. The smallest absolute Gasteiger partial charge is 0.225 e. The van der Waals surface area contributed by atoms with Crippen LogP contribution in [0.2, 0.25) is 0 Å². The maximum atomic E-state index is 12.4. The molecule has 0 unspecified atom stereocenters. The molecule has 1 aromatic carbocycles. The van der Waals surface area contributed by atoms with E-state index in [1.54, 1.807) is 0 Å². The van der Waals surface area contributed by atoms with Crippen molar-refractivity contribution in [3.63, 3.8) is 0 Å². The minimum absolute atomic E-state index is 0.0123. The number of anilines is 1. The van der Waals surface area contributed by atoms with E-state index in [0.717, 1.165) is 30.8 Å². The van der Waals surface area contributed by atoms with Crippen molar-refractivity contribution in [3.05, 3.63) is 29.8 Å². The van der Waals surface area contributed by atoms with Gasteiger partial charge in [0.05, 0.1) is 0 Å². The third-order valence-electron chi connectivity index (χ3n) is 4.32. The van der Waals surface area contributed by atoms with Crippen LogP contribution in [-0.4, -0.2) is 47.8 Å². The fourth-order valence-corrected chi connectivity index (χ4v) is 2.91. The molecule has 1 saturated heterocycles. The monoisotopic (exact) mass is 317 g/mol. The zero-order valence-electron chi connectivity index (χ0n) is 14.1. The molecular formula is C18H27N3O2. The number of nitrogens with zero attached hydrogens (tertiary/aromatic N) is 2. The van der Waals surface area contributed by atoms with E-state index in [0.29, 0.717) is 25.9 Å². The van der Waals surface area contributed by atoms with Crippen LogP contribution < -0.4 is 5.73 Å². The molecule has 2 rings (SSSR count). The Bertz CT molecular complexity index is 557. The number of nitrogens with two attached hydrogens (primary N) is 1.